The standard InChI is InChI=1S/C29H47NO4/c1-19(18-30-16-6-7-27(32)33-5)24-10-11-25-23-9-8-21-17-22(34-20(2)31)12-14-28(21,3)26(23)13-15-29(24,25)4/h8,19,22-26,30H,6-7,9-18H2,1-5H3/t19-,22+,23?,24-,25?,26?,28+,29-/m1/s1. The minimum atomic E-state index is -0.139. The molecule has 4 rings (SSSR count). The van der Waals surface area contributed by atoms with Gasteiger partial charge in [0.05, 0.1) is 7.11 Å². The Morgan fingerprint density at radius 3 is 2.68 bits per heavy atom. The van der Waals surface area contributed by atoms with Crippen molar-refractivity contribution in [2.45, 2.75) is 98.0 Å². The lowest BCUT2D eigenvalue weighted by atomic mass is 9.47. The third-order valence-electron chi connectivity index (χ3n) is 10.6. The quantitative estimate of drug-likeness (QED) is 0.279. The molecule has 5 nitrogen and oxygen atoms in total. The molecule has 0 aromatic heterocycles. The van der Waals surface area contributed by atoms with E-state index in [9.17, 15) is 9.59 Å². The summed E-state index contributed by atoms with van der Waals surface area (Å²) >= 11 is 0. The van der Waals surface area contributed by atoms with Gasteiger partial charge in [-0.15, -0.1) is 0 Å². The number of esters is 2. The van der Waals surface area contributed by atoms with Gasteiger partial charge >= 0.3 is 11.9 Å². The number of hydrogen-bond donors (Lipinski definition) is 1. The Morgan fingerprint density at radius 2 is 1.94 bits per heavy atom. The van der Waals surface area contributed by atoms with Crippen LogP contribution in [0.2, 0.25) is 0 Å². The molecule has 0 heterocycles. The molecule has 5 heteroatoms. The van der Waals surface area contributed by atoms with Gasteiger partial charge in [0, 0.05) is 19.8 Å². The summed E-state index contributed by atoms with van der Waals surface area (Å²) in [6, 6.07) is 0. The van der Waals surface area contributed by atoms with Crippen LogP contribution in [-0.4, -0.2) is 38.2 Å². The summed E-state index contributed by atoms with van der Waals surface area (Å²) in [5.41, 5.74) is 2.32. The second-order valence-electron chi connectivity index (χ2n) is 12.3. The smallest absolute Gasteiger partial charge is 0.305 e. The molecule has 0 aromatic rings. The van der Waals surface area contributed by atoms with Crippen molar-refractivity contribution in [3.05, 3.63) is 11.6 Å². The Bertz CT molecular complexity index is 793. The monoisotopic (exact) mass is 473 g/mol. The van der Waals surface area contributed by atoms with E-state index in [1.54, 1.807) is 5.57 Å². The SMILES string of the molecule is COC(=O)CCCNC[C@@H](C)[C@H]1CCC2C3CC=C4C[C@@H](OC(C)=O)CC[C@]4(C)C3CC[C@@]21C. The zero-order chi connectivity index (χ0) is 24.5. The zero-order valence-corrected chi connectivity index (χ0v) is 22.2. The van der Waals surface area contributed by atoms with Crippen molar-refractivity contribution in [1.82, 2.24) is 5.32 Å². The molecular weight excluding hydrogens is 426 g/mol. The summed E-state index contributed by atoms with van der Waals surface area (Å²) in [5, 5.41) is 3.62. The van der Waals surface area contributed by atoms with Crippen molar-refractivity contribution in [2.24, 2.45) is 40.4 Å². The average Bonchev–Trinajstić information content (AvgIpc) is 3.15. The molecule has 192 valence electrons. The number of carbonyl (C=O) groups excluding carboxylic acids is 2. The van der Waals surface area contributed by atoms with Crippen molar-refractivity contribution in [3.63, 3.8) is 0 Å². The fraction of sp³-hybridized carbons (Fsp3) is 0.862. The lowest BCUT2D eigenvalue weighted by Crippen LogP contribution is -2.51. The molecule has 4 aliphatic rings. The predicted molar refractivity (Wildman–Crippen MR) is 134 cm³/mol. The number of carbonyl (C=O) groups is 2. The minimum absolute atomic E-state index is 0.0825. The summed E-state index contributed by atoms with van der Waals surface area (Å²) in [6.45, 7) is 11.0. The van der Waals surface area contributed by atoms with E-state index in [2.05, 4.69) is 32.2 Å². The maximum Gasteiger partial charge on any atom is 0.305 e. The molecule has 34 heavy (non-hydrogen) atoms. The first kappa shape index (κ1) is 25.7. The maximum atomic E-state index is 11.5. The molecule has 0 bridgehead atoms. The first-order chi connectivity index (χ1) is 16.2. The topological polar surface area (TPSA) is 64.6 Å². The zero-order valence-electron chi connectivity index (χ0n) is 22.2. The highest BCUT2D eigenvalue weighted by Crippen LogP contribution is 2.67. The molecule has 4 aliphatic carbocycles. The first-order valence-corrected chi connectivity index (χ1v) is 13.8. The van der Waals surface area contributed by atoms with Gasteiger partial charge in [-0.1, -0.05) is 32.4 Å². The molecule has 0 amide bonds. The molecule has 8 atom stereocenters. The van der Waals surface area contributed by atoms with Crippen LogP contribution in [0.5, 0.6) is 0 Å². The molecule has 0 radical (unpaired) electrons. The van der Waals surface area contributed by atoms with Gasteiger partial charge in [-0.25, -0.2) is 0 Å². The van der Waals surface area contributed by atoms with Crippen molar-refractivity contribution in [3.8, 4) is 0 Å². The van der Waals surface area contributed by atoms with E-state index in [-0.39, 0.29) is 18.0 Å². The van der Waals surface area contributed by atoms with Gasteiger partial charge < -0.3 is 14.8 Å². The maximum absolute atomic E-state index is 11.5. The molecule has 0 aromatic carbocycles. The Kier molecular flexibility index (Phi) is 7.81. The van der Waals surface area contributed by atoms with Crippen molar-refractivity contribution >= 4 is 11.9 Å². The lowest BCUT2D eigenvalue weighted by molar-refractivity contribution is -0.148. The largest absolute Gasteiger partial charge is 0.469 e. The van der Waals surface area contributed by atoms with Crippen molar-refractivity contribution in [1.29, 1.82) is 0 Å². The van der Waals surface area contributed by atoms with Gasteiger partial charge in [-0.05, 0) is 105 Å². The highest BCUT2D eigenvalue weighted by molar-refractivity contribution is 5.69. The Balaban J connectivity index is 1.37. The summed E-state index contributed by atoms with van der Waals surface area (Å²) in [4.78, 5) is 22.8. The van der Waals surface area contributed by atoms with E-state index < -0.39 is 0 Å². The van der Waals surface area contributed by atoms with E-state index in [1.807, 2.05) is 0 Å². The molecular formula is C29H47NO4. The summed E-state index contributed by atoms with van der Waals surface area (Å²) in [7, 11) is 1.46. The van der Waals surface area contributed by atoms with Gasteiger partial charge in [-0.2, -0.15) is 0 Å². The fourth-order valence-electron chi connectivity index (χ4n) is 8.87. The number of hydrogen-bond acceptors (Lipinski definition) is 5. The van der Waals surface area contributed by atoms with E-state index in [0.29, 0.717) is 23.2 Å². The Hall–Kier alpha value is -1.36. The van der Waals surface area contributed by atoms with Crippen molar-refractivity contribution in [2.75, 3.05) is 20.2 Å². The molecule has 3 unspecified atom stereocenters. The van der Waals surface area contributed by atoms with Crippen LogP contribution in [0, 0.1) is 40.4 Å². The normalized spacial score (nSPS) is 39.8. The number of nitrogens with one attached hydrogen (secondary N) is 1. The number of ether oxygens (including phenoxy) is 2. The van der Waals surface area contributed by atoms with Crippen LogP contribution in [0.25, 0.3) is 0 Å². The molecule has 3 fully saturated rings. The first-order valence-electron chi connectivity index (χ1n) is 13.8. The lowest BCUT2D eigenvalue weighted by Gasteiger charge is -2.58. The predicted octanol–water partition coefficient (Wildman–Crippen LogP) is 5.68. The minimum Gasteiger partial charge on any atom is -0.469 e. The van der Waals surface area contributed by atoms with Crippen LogP contribution < -0.4 is 5.32 Å². The number of fused-ring (bicyclic) bond motifs is 5. The highest BCUT2D eigenvalue weighted by atomic mass is 16.5. The number of allylic oxidation sites excluding steroid dienone is 1. The van der Waals surface area contributed by atoms with Gasteiger partial charge in [0.15, 0.2) is 0 Å². The summed E-state index contributed by atoms with van der Waals surface area (Å²) in [5.74, 6) is 3.62. The Morgan fingerprint density at radius 1 is 1.15 bits per heavy atom. The van der Waals surface area contributed by atoms with Gasteiger partial charge in [0.1, 0.15) is 6.10 Å². The third-order valence-corrected chi connectivity index (χ3v) is 10.6. The number of methoxy groups -OCH3 is 1. The van der Waals surface area contributed by atoms with Gasteiger partial charge in [0.2, 0.25) is 0 Å². The van der Waals surface area contributed by atoms with Crippen LogP contribution in [0.15, 0.2) is 11.6 Å². The van der Waals surface area contributed by atoms with E-state index in [0.717, 1.165) is 62.4 Å². The van der Waals surface area contributed by atoms with Crippen LogP contribution >= 0.6 is 0 Å². The molecule has 1 N–H and O–H groups in total. The van der Waals surface area contributed by atoms with E-state index in [4.69, 9.17) is 9.47 Å². The van der Waals surface area contributed by atoms with Crippen LogP contribution in [0.4, 0.5) is 0 Å². The number of rotatable bonds is 8. The second-order valence-corrected chi connectivity index (χ2v) is 12.3. The summed E-state index contributed by atoms with van der Waals surface area (Å²) < 4.78 is 10.3. The third kappa shape index (κ3) is 4.83. The molecule has 0 saturated heterocycles. The van der Waals surface area contributed by atoms with Crippen LogP contribution in [-0.2, 0) is 19.1 Å². The van der Waals surface area contributed by atoms with Crippen molar-refractivity contribution < 1.29 is 19.1 Å². The Labute approximate surface area is 206 Å². The van der Waals surface area contributed by atoms with E-state index >= 15 is 0 Å². The molecule has 0 spiro atoms. The van der Waals surface area contributed by atoms with Gasteiger partial charge in [0.25, 0.3) is 0 Å². The highest BCUT2D eigenvalue weighted by Gasteiger charge is 2.59. The van der Waals surface area contributed by atoms with Gasteiger partial charge in [-0.3, -0.25) is 9.59 Å². The molecule has 0 aliphatic heterocycles. The summed E-state index contributed by atoms with van der Waals surface area (Å²) in [6.07, 6.45) is 13.8. The molecule has 3 saturated carbocycles. The average molecular weight is 474 g/mol. The van der Waals surface area contributed by atoms with Crippen LogP contribution in [0.3, 0.4) is 0 Å². The second kappa shape index (κ2) is 10.3. The fourth-order valence-corrected chi connectivity index (χ4v) is 8.87. The van der Waals surface area contributed by atoms with Crippen LogP contribution in [0.1, 0.15) is 91.9 Å². The van der Waals surface area contributed by atoms with E-state index in [1.165, 1.54) is 46.1 Å².